The average molecular weight is 449 g/mol. The van der Waals surface area contributed by atoms with E-state index in [9.17, 15) is 9.59 Å². The van der Waals surface area contributed by atoms with Gasteiger partial charge in [0.25, 0.3) is 11.8 Å². The molecule has 7 nitrogen and oxygen atoms in total. The largest absolute Gasteiger partial charge is 0.497 e. The molecule has 0 radical (unpaired) electrons. The first-order valence-corrected chi connectivity index (χ1v) is 11.9. The van der Waals surface area contributed by atoms with E-state index in [1.807, 2.05) is 46.2 Å². The molecule has 7 heteroatoms. The Bertz CT molecular complexity index is 1050. The molecule has 174 valence electrons. The minimum Gasteiger partial charge on any atom is -0.497 e. The van der Waals surface area contributed by atoms with Crippen molar-refractivity contribution < 1.29 is 14.3 Å². The van der Waals surface area contributed by atoms with Crippen molar-refractivity contribution in [3.63, 3.8) is 0 Å². The van der Waals surface area contributed by atoms with Crippen molar-refractivity contribution in [1.29, 1.82) is 0 Å². The monoisotopic (exact) mass is 448 g/mol. The van der Waals surface area contributed by atoms with E-state index in [1.54, 1.807) is 7.11 Å². The average Bonchev–Trinajstić information content (AvgIpc) is 3.13. The van der Waals surface area contributed by atoms with Crippen molar-refractivity contribution in [3.05, 3.63) is 53.6 Å². The highest BCUT2D eigenvalue weighted by molar-refractivity contribution is 6.04. The number of rotatable bonds is 3. The Hall–Kier alpha value is -3.22. The molecule has 0 N–H and O–H groups in total. The summed E-state index contributed by atoms with van der Waals surface area (Å²) < 4.78 is 5.34. The maximum atomic E-state index is 13.3. The number of ether oxygens (including phenoxy) is 1. The summed E-state index contributed by atoms with van der Waals surface area (Å²) in [6, 6.07) is 13.6. The first-order chi connectivity index (χ1) is 16.1. The van der Waals surface area contributed by atoms with Gasteiger partial charge in [-0.3, -0.25) is 9.59 Å². The third-order valence-electron chi connectivity index (χ3n) is 7.27. The summed E-state index contributed by atoms with van der Waals surface area (Å²) in [4.78, 5) is 34.9. The third-order valence-corrected chi connectivity index (χ3v) is 7.27. The molecule has 2 fully saturated rings. The van der Waals surface area contributed by atoms with Crippen LogP contribution < -0.4 is 14.5 Å². The van der Waals surface area contributed by atoms with Crippen molar-refractivity contribution in [2.24, 2.45) is 0 Å². The number of piperazine rings is 1. The second-order valence-corrected chi connectivity index (χ2v) is 9.15. The third kappa shape index (κ3) is 4.01. The Labute approximate surface area is 195 Å². The fraction of sp³-hybridized carbons (Fsp3) is 0.462. The van der Waals surface area contributed by atoms with E-state index in [4.69, 9.17) is 4.74 Å². The van der Waals surface area contributed by atoms with Crippen LogP contribution >= 0.6 is 0 Å². The van der Waals surface area contributed by atoms with Gasteiger partial charge in [-0.1, -0.05) is 12.5 Å². The lowest BCUT2D eigenvalue weighted by Gasteiger charge is -2.43. The van der Waals surface area contributed by atoms with Crippen LogP contribution in [0.15, 0.2) is 42.5 Å². The van der Waals surface area contributed by atoms with Crippen LogP contribution in [0.5, 0.6) is 5.75 Å². The summed E-state index contributed by atoms with van der Waals surface area (Å²) in [7, 11) is 3.72. The van der Waals surface area contributed by atoms with Gasteiger partial charge in [0.15, 0.2) is 0 Å². The molecule has 0 aromatic heterocycles. The standard InChI is InChI=1S/C26H32N4O3/c1-27-23-17-19(10-11-22(23)26(32)30-12-5-3-4-9-24(27)30)25(31)29-15-13-28(14-16-29)20-7-6-8-21(18-20)33-2/h6-8,10-11,17-18,24H,3-5,9,12-16H2,1-2H3. The molecule has 1 unspecified atom stereocenters. The number of carbonyl (C=O) groups is 2. The Balaban J connectivity index is 1.31. The van der Waals surface area contributed by atoms with E-state index in [1.165, 1.54) is 0 Å². The van der Waals surface area contributed by atoms with Crippen molar-refractivity contribution in [3.8, 4) is 5.75 Å². The molecule has 1 atom stereocenters. The minimum atomic E-state index is 0.0345. The summed E-state index contributed by atoms with van der Waals surface area (Å²) in [6.45, 7) is 3.70. The van der Waals surface area contributed by atoms with Gasteiger partial charge in [-0.15, -0.1) is 0 Å². The van der Waals surface area contributed by atoms with Crippen LogP contribution in [-0.4, -0.2) is 74.7 Å². The van der Waals surface area contributed by atoms with Gasteiger partial charge in [0.2, 0.25) is 0 Å². The first kappa shape index (κ1) is 21.6. The Morgan fingerprint density at radius 3 is 2.58 bits per heavy atom. The summed E-state index contributed by atoms with van der Waals surface area (Å²) in [5, 5.41) is 0. The highest BCUT2D eigenvalue weighted by Gasteiger charge is 2.37. The Kier molecular flexibility index (Phi) is 5.87. The fourth-order valence-corrected chi connectivity index (χ4v) is 5.34. The molecule has 33 heavy (non-hydrogen) atoms. The number of fused-ring (bicyclic) bond motifs is 2. The van der Waals surface area contributed by atoms with E-state index in [0.717, 1.165) is 62.4 Å². The zero-order chi connectivity index (χ0) is 22.9. The van der Waals surface area contributed by atoms with Crippen LogP contribution in [0.3, 0.4) is 0 Å². The highest BCUT2D eigenvalue weighted by Crippen LogP contribution is 2.34. The summed E-state index contributed by atoms with van der Waals surface area (Å²) in [6.07, 6.45) is 4.42. The molecule has 3 aliphatic heterocycles. The predicted octanol–water partition coefficient (Wildman–Crippen LogP) is 3.45. The Morgan fingerprint density at radius 2 is 1.79 bits per heavy atom. The maximum Gasteiger partial charge on any atom is 0.257 e. The van der Waals surface area contributed by atoms with E-state index in [2.05, 4.69) is 22.9 Å². The quantitative estimate of drug-likeness (QED) is 0.720. The molecular formula is C26H32N4O3. The highest BCUT2D eigenvalue weighted by atomic mass is 16.5. The van der Waals surface area contributed by atoms with E-state index in [0.29, 0.717) is 24.2 Å². The topological polar surface area (TPSA) is 56.3 Å². The van der Waals surface area contributed by atoms with Gasteiger partial charge in [-0.05, 0) is 49.6 Å². The van der Waals surface area contributed by atoms with Crippen LogP contribution in [-0.2, 0) is 0 Å². The molecule has 3 aliphatic rings. The van der Waals surface area contributed by atoms with Crippen molar-refractivity contribution in [2.75, 3.05) is 56.7 Å². The first-order valence-electron chi connectivity index (χ1n) is 11.9. The molecule has 2 aromatic rings. The van der Waals surface area contributed by atoms with Crippen LogP contribution in [0.2, 0.25) is 0 Å². The second kappa shape index (κ2) is 8.96. The molecule has 0 aliphatic carbocycles. The summed E-state index contributed by atoms with van der Waals surface area (Å²) >= 11 is 0. The van der Waals surface area contributed by atoms with Gasteiger partial charge in [0.05, 0.1) is 18.4 Å². The molecule has 0 bridgehead atoms. The molecule has 3 heterocycles. The Morgan fingerprint density at radius 1 is 0.970 bits per heavy atom. The van der Waals surface area contributed by atoms with Crippen molar-refractivity contribution in [2.45, 2.75) is 31.8 Å². The SMILES string of the molecule is COc1cccc(N2CCN(C(=O)c3ccc4c(c3)N(C)C3CCCCCN3C4=O)CC2)c1. The molecule has 5 rings (SSSR count). The van der Waals surface area contributed by atoms with Crippen molar-refractivity contribution in [1.82, 2.24) is 9.80 Å². The molecule has 2 saturated heterocycles. The van der Waals surface area contributed by atoms with Crippen LogP contribution in [0.25, 0.3) is 0 Å². The molecule has 0 saturated carbocycles. The number of nitrogens with zero attached hydrogens (tertiary/aromatic N) is 4. The van der Waals surface area contributed by atoms with Gasteiger partial charge in [-0.25, -0.2) is 0 Å². The van der Waals surface area contributed by atoms with Crippen LogP contribution in [0, 0.1) is 0 Å². The lowest BCUT2D eigenvalue weighted by molar-refractivity contribution is 0.0659. The van der Waals surface area contributed by atoms with Gasteiger partial charge in [0.1, 0.15) is 11.9 Å². The number of methoxy groups -OCH3 is 1. The van der Waals surface area contributed by atoms with Crippen molar-refractivity contribution >= 4 is 23.2 Å². The van der Waals surface area contributed by atoms with E-state index >= 15 is 0 Å². The smallest absolute Gasteiger partial charge is 0.257 e. The zero-order valence-electron chi connectivity index (χ0n) is 19.5. The van der Waals surface area contributed by atoms with Crippen LogP contribution in [0.1, 0.15) is 46.4 Å². The lowest BCUT2D eigenvalue weighted by atomic mass is 10.0. The summed E-state index contributed by atoms with van der Waals surface area (Å²) in [5.74, 6) is 0.971. The number of hydrogen-bond donors (Lipinski definition) is 0. The zero-order valence-corrected chi connectivity index (χ0v) is 19.5. The number of benzene rings is 2. The maximum absolute atomic E-state index is 13.3. The molecular weight excluding hydrogens is 416 g/mol. The lowest BCUT2D eigenvalue weighted by Crippen LogP contribution is -2.53. The van der Waals surface area contributed by atoms with Gasteiger partial charge >= 0.3 is 0 Å². The minimum absolute atomic E-state index is 0.0345. The van der Waals surface area contributed by atoms with Gasteiger partial charge < -0.3 is 24.3 Å². The fourth-order valence-electron chi connectivity index (χ4n) is 5.34. The predicted molar refractivity (Wildman–Crippen MR) is 129 cm³/mol. The normalized spacial score (nSPS) is 20.8. The number of anilines is 2. The van der Waals surface area contributed by atoms with Gasteiger partial charge in [-0.2, -0.15) is 0 Å². The molecule has 2 aromatic carbocycles. The van der Waals surface area contributed by atoms with E-state index in [-0.39, 0.29) is 18.0 Å². The molecule has 2 amide bonds. The number of hydrogen-bond acceptors (Lipinski definition) is 5. The second-order valence-electron chi connectivity index (χ2n) is 9.15. The van der Waals surface area contributed by atoms with E-state index < -0.39 is 0 Å². The number of amides is 2. The van der Waals surface area contributed by atoms with Crippen LogP contribution in [0.4, 0.5) is 11.4 Å². The molecule has 0 spiro atoms. The number of carbonyl (C=O) groups excluding carboxylic acids is 2. The summed E-state index contributed by atoms with van der Waals surface area (Å²) in [5.41, 5.74) is 3.35. The van der Waals surface area contributed by atoms with Gasteiger partial charge in [0, 0.05) is 57.1 Å².